The minimum Gasteiger partial charge on any atom is -0.300 e. The third-order valence-electron chi connectivity index (χ3n) is 2.50. The molecule has 0 aromatic heterocycles. The van der Waals surface area contributed by atoms with Crippen LogP contribution in [0, 0.1) is 0 Å². The van der Waals surface area contributed by atoms with E-state index in [9.17, 15) is 21.6 Å². The summed E-state index contributed by atoms with van der Waals surface area (Å²) in [4.78, 5) is 4.12. The van der Waals surface area contributed by atoms with Crippen LogP contribution in [-0.4, -0.2) is 15.0 Å². The van der Waals surface area contributed by atoms with Gasteiger partial charge in [0.05, 0.1) is 17.1 Å². The second kappa shape index (κ2) is 4.08. The summed E-state index contributed by atoms with van der Waals surface area (Å²) in [6.45, 7) is -0.270. The lowest BCUT2D eigenvalue weighted by atomic mass is 10.0. The van der Waals surface area contributed by atoms with Crippen LogP contribution in [0.3, 0.4) is 0 Å². The molecule has 1 heterocycles. The van der Waals surface area contributed by atoms with E-state index in [4.69, 9.17) is 5.90 Å². The van der Waals surface area contributed by atoms with Gasteiger partial charge in [-0.15, -0.1) is 0 Å². The minimum absolute atomic E-state index is 0.0183. The topological polar surface area (TPSA) is 69.4 Å². The lowest BCUT2D eigenvalue weighted by Gasteiger charge is -2.09. The maximum atomic E-state index is 12.5. The lowest BCUT2D eigenvalue weighted by Crippen LogP contribution is -2.07. The molecule has 98 valence electrons. The molecule has 0 radical (unpaired) electrons. The van der Waals surface area contributed by atoms with Gasteiger partial charge in [0.1, 0.15) is 0 Å². The van der Waals surface area contributed by atoms with Crippen molar-refractivity contribution in [3.05, 3.63) is 34.7 Å². The molecule has 0 spiro atoms. The number of sulfone groups is 1. The van der Waals surface area contributed by atoms with Crippen molar-refractivity contribution in [2.45, 2.75) is 11.1 Å². The van der Waals surface area contributed by atoms with Gasteiger partial charge in [-0.2, -0.15) is 13.2 Å². The fraction of sp³-hybridized carbons (Fsp3) is 0.200. The molecule has 0 saturated carbocycles. The zero-order chi connectivity index (χ0) is 13.6. The Kier molecular flexibility index (Phi) is 2.96. The highest BCUT2D eigenvalue weighted by Gasteiger charge is 2.34. The molecule has 8 heteroatoms. The van der Waals surface area contributed by atoms with Gasteiger partial charge in [0.15, 0.2) is 0 Å². The quantitative estimate of drug-likeness (QED) is 0.837. The molecule has 0 atom stereocenters. The van der Waals surface area contributed by atoms with Crippen LogP contribution in [0.15, 0.2) is 28.5 Å². The average Bonchev–Trinajstić information content (AvgIpc) is 2.50. The SMILES string of the molecule is NOCC1=CS(=O)(=O)c2ccc(C(F)(F)F)cc21. The second-order valence-corrected chi connectivity index (χ2v) is 5.47. The first-order chi connectivity index (χ1) is 8.25. The van der Waals surface area contributed by atoms with Crippen LogP contribution >= 0.6 is 0 Å². The smallest absolute Gasteiger partial charge is 0.300 e. The highest BCUT2D eigenvalue weighted by atomic mass is 32.2. The Labute approximate surface area is 101 Å². The summed E-state index contributed by atoms with van der Waals surface area (Å²) in [7, 11) is -3.70. The van der Waals surface area contributed by atoms with Gasteiger partial charge in [0, 0.05) is 11.0 Å². The molecule has 0 saturated heterocycles. The number of hydrogen-bond acceptors (Lipinski definition) is 4. The van der Waals surface area contributed by atoms with E-state index in [1.165, 1.54) is 0 Å². The molecule has 18 heavy (non-hydrogen) atoms. The highest BCUT2D eigenvalue weighted by molar-refractivity contribution is 7.95. The molecule has 1 aliphatic rings. The summed E-state index contributed by atoms with van der Waals surface area (Å²) in [6.07, 6.45) is -4.53. The zero-order valence-corrected chi connectivity index (χ0v) is 9.68. The largest absolute Gasteiger partial charge is 0.416 e. The molecular formula is C10H8F3NO3S. The van der Waals surface area contributed by atoms with E-state index in [-0.39, 0.29) is 22.6 Å². The Hall–Kier alpha value is -1.38. The standard InChI is InChI=1S/C10H8F3NO3S/c11-10(12,13)7-1-2-9-8(3-7)6(4-17-14)5-18(9,15)16/h1-3,5H,4,14H2. The number of fused-ring (bicyclic) bond motifs is 1. The Balaban J connectivity index is 2.60. The fourth-order valence-electron chi connectivity index (χ4n) is 1.72. The van der Waals surface area contributed by atoms with Gasteiger partial charge in [-0.3, -0.25) is 4.84 Å². The number of rotatable bonds is 2. The molecule has 1 aromatic rings. The van der Waals surface area contributed by atoms with E-state index in [1.54, 1.807) is 0 Å². The van der Waals surface area contributed by atoms with Crippen molar-refractivity contribution in [2.75, 3.05) is 6.61 Å². The number of nitrogens with two attached hydrogens (primary N) is 1. The fourth-order valence-corrected chi connectivity index (χ4v) is 3.17. The predicted molar refractivity (Wildman–Crippen MR) is 56.7 cm³/mol. The van der Waals surface area contributed by atoms with E-state index >= 15 is 0 Å². The monoisotopic (exact) mass is 279 g/mol. The Morgan fingerprint density at radius 3 is 2.50 bits per heavy atom. The van der Waals surface area contributed by atoms with Crippen LogP contribution in [0.1, 0.15) is 11.1 Å². The van der Waals surface area contributed by atoms with Gasteiger partial charge in [0.2, 0.25) is 9.84 Å². The van der Waals surface area contributed by atoms with Crippen LogP contribution in [0.25, 0.3) is 5.57 Å². The summed E-state index contributed by atoms with van der Waals surface area (Å²) in [6, 6.07) is 2.45. The third-order valence-corrected chi connectivity index (χ3v) is 4.06. The average molecular weight is 279 g/mol. The maximum Gasteiger partial charge on any atom is 0.416 e. The summed E-state index contributed by atoms with van der Waals surface area (Å²) in [5.74, 6) is 4.82. The predicted octanol–water partition coefficient (Wildman–Crippen LogP) is 1.72. The number of alkyl halides is 3. The highest BCUT2D eigenvalue weighted by Crippen LogP contribution is 2.38. The van der Waals surface area contributed by atoms with Crippen LogP contribution in [0.5, 0.6) is 0 Å². The Bertz CT molecular complexity index is 620. The summed E-state index contributed by atoms with van der Waals surface area (Å²) >= 11 is 0. The van der Waals surface area contributed by atoms with Crippen molar-refractivity contribution in [1.29, 1.82) is 0 Å². The Morgan fingerprint density at radius 2 is 1.94 bits per heavy atom. The lowest BCUT2D eigenvalue weighted by molar-refractivity contribution is -0.137. The first-order valence-electron chi connectivity index (χ1n) is 4.74. The van der Waals surface area contributed by atoms with Gasteiger partial charge < -0.3 is 0 Å². The molecule has 0 aliphatic carbocycles. The summed E-state index contributed by atoms with van der Waals surface area (Å²) in [5, 5.41) is 0.866. The molecule has 0 fully saturated rings. The van der Waals surface area contributed by atoms with Crippen molar-refractivity contribution >= 4 is 15.4 Å². The molecular weight excluding hydrogens is 271 g/mol. The molecule has 0 amide bonds. The molecule has 2 rings (SSSR count). The molecule has 1 aromatic carbocycles. The first-order valence-corrected chi connectivity index (χ1v) is 6.29. The van der Waals surface area contributed by atoms with Gasteiger partial charge in [-0.25, -0.2) is 14.3 Å². The van der Waals surface area contributed by atoms with E-state index in [2.05, 4.69) is 4.84 Å². The van der Waals surface area contributed by atoms with Crippen molar-refractivity contribution in [1.82, 2.24) is 0 Å². The second-order valence-electron chi connectivity index (χ2n) is 3.71. The van der Waals surface area contributed by atoms with Crippen LogP contribution in [0.4, 0.5) is 13.2 Å². The van der Waals surface area contributed by atoms with Crippen molar-refractivity contribution in [3.63, 3.8) is 0 Å². The van der Waals surface area contributed by atoms with E-state index < -0.39 is 21.6 Å². The van der Waals surface area contributed by atoms with Crippen molar-refractivity contribution in [3.8, 4) is 0 Å². The molecule has 4 nitrogen and oxygen atoms in total. The molecule has 1 aliphatic heterocycles. The van der Waals surface area contributed by atoms with Crippen molar-refractivity contribution < 1.29 is 26.4 Å². The summed E-state index contributed by atoms with van der Waals surface area (Å²) in [5.41, 5.74) is -0.824. The molecule has 2 N–H and O–H groups in total. The Morgan fingerprint density at radius 1 is 1.28 bits per heavy atom. The minimum atomic E-state index is -4.53. The number of hydrogen-bond donors (Lipinski definition) is 1. The van der Waals surface area contributed by atoms with Crippen LogP contribution in [-0.2, 0) is 20.9 Å². The summed E-state index contributed by atoms with van der Waals surface area (Å²) < 4.78 is 60.9. The number of benzene rings is 1. The normalized spacial score (nSPS) is 17.4. The van der Waals surface area contributed by atoms with Gasteiger partial charge in [0.25, 0.3) is 0 Å². The maximum absolute atomic E-state index is 12.5. The number of halogens is 3. The van der Waals surface area contributed by atoms with E-state index in [0.29, 0.717) is 0 Å². The first kappa shape index (κ1) is 13.1. The van der Waals surface area contributed by atoms with Crippen LogP contribution < -0.4 is 5.90 Å². The van der Waals surface area contributed by atoms with E-state index in [0.717, 1.165) is 23.6 Å². The zero-order valence-electron chi connectivity index (χ0n) is 8.86. The molecule has 0 bridgehead atoms. The van der Waals surface area contributed by atoms with Crippen LogP contribution in [0.2, 0.25) is 0 Å². The van der Waals surface area contributed by atoms with Gasteiger partial charge in [-0.05, 0) is 23.8 Å². The van der Waals surface area contributed by atoms with E-state index in [1.807, 2.05) is 0 Å². The third kappa shape index (κ3) is 2.14. The van der Waals surface area contributed by atoms with Gasteiger partial charge >= 0.3 is 6.18 Å². The molecule has 0 unspecified atom stereocenters. The van der Waals surface area contributed by atoms with Crippen molar-refractivity contribution in [2.24, 2.45) is 5.90 Å². The van der Waals surface area contributed by atoms with Gasteiger partial charge in [-0.1, -0.05) is 0 Å².